The molecule has 0 bridgehead atoms. The first-order chi connectivity index (χ1) is 9.85. The van der Waals surface area contributed by atoms with E-state index in [1.165, 1.54) is 4.90 Å². The van der Waals surface area contributed by atoms with Gasteiger partial charge in [-0.25, -0.2) is 4.79 Å². The number of hydrogen-bond acceptors (Lipinski definition) is 3. The Kier molecular flexibility index (Phi) is 4.44. The molecule has 1 aromatic carbocycles. The first-order valence-corrected chi connectivity index (χ1v) is 6.49. The first kappa shape index (κ1) is 15.3. The van der Waals surface area contributed by atoms with Crippen molar-refractivity contribution in [3.8, 4) is 5.75 Å². The smallest absolute Gasteiger partial charge is 0.405 e. The molecule has 0 unspecified atom stereocenters. The van der Waals surface area contributed by atoms with Gasteiger partial charge in [0.2, 0.25) is 0 Å². The van der Waals surface area contributed by atoms with Crippen molar-refractivity contribution in [3.05, 3.63) is 24.3 Å². The summed E-state index contributed by atoms with van der Waals surface area (Å²) in [6.45, 7) is 0.350. The lowest BCUT2D eigenvalue weighted by Crippen LogP contribution is -2.53. The van der Waals surface area contributed by atoms with Crippen molar-refractivity contribution in [1.29, 1.82) is 0 Å². The molecule has 116 valence electrons. The van der Waals surface area contributed by atoms with Crippen molar-refractivity contribution in [2.24, 2.45) is 0 Å². The monoisotopic (exact) mass is 303 g/mol. The van der Waals surface area contributed by atoms with Gasteiger partial charge in [0, 0.05) is 37.9 Å². The van der Waals surface area contributed by atoms with E-state index in [0.29, 0.717) is 26.2 Å². The normalized spacial score (nSPS) is 16.0. The Balaban J connectivity index is 1.84. The Morgan fingerprint density at radius 1 is 1.24 bits per heavy atom. The zero-order chi connectivity index (χ0) is 15.5. The molecule has 1 aliphatic rings. The van der Waals surface area contributed by atoms with Gasteiger partial charge >= 0.3 is 12.2 Å². The van der Waals surface area contributed by atoms with Crippen LogP contribution >= 0.6 is 0 Å². The minimum absolute atomic E-state index is 0.151. The molecule has 0 radical (unpaired) electrons. The summed E-state index contributed by atoms with van der Waals surface area (Å²) in [5.41, 5.74) is 0.824. The Hall–Kier alpha value is -2.12. The standard InChI is InChI=1S/C13H16F3N3O2/c14-13(15,16)9-17-12(21)19-6-4-18(5-7-19)10-2-1-3-11(20)8-10/h1-3,8,20H,4-7,9H2,(H,17,21). The van der Waals surface area contributed by atoms with Crippen LogP contribution in [0.2, 0.25) is 0 Å². The predicted octanol–water partition coefficient (Wildman–Crippen LogP) is 1.79. The van der Waals surface area contributed by atoms with E-state index in [9.17, 15) is 23.1 Å². The second-order valence-corrected chi connectivity index (χ2v) is 4.77. The number of nitrogens with one attached hydrogen (secondary N) is 1. The number of aromatic hydroxyl groups is 1. The molecule has 8 heteroatoms. The molecule has 0 aromatic heterocycles. The van der Waals surface area contributed by atoms with Crippen LogP contribution in [0.5, 0.6) is 5.75 Å². The van der Waals surface area contributed by atoms with Gasteiger partial charge in [-0.1, -0.05) is 6.07 Å². The third-order valence-corrected chi connectivity index (χ3v) is 3.20. The number of carbonyl (C=O) groups is 1. The molecule has 2 N–H and O–H groups in total. The van der Waals surface area contributed by atoms with Crippen molar-refractivity contribution in [2.45, 2.75) is 6.18 Å². The number of amides is 2. The maximum absolute atomic E-state index is 12.0. The zero-order valence-corrected chi connectivity index (χ0v) is 11.2. The lowest BCUT2D eigenvalue weighted by Gasteiger charge is -2.36. The summed E-state index contributed by atoms with van der Waals surface area (Å²) >= 11 is 0. The quantitative estimate of drug-likeness (QED) is 0.876. The molecule has 0 aliphatic carbocycles. The second-order valence-electron chi connectivity index (χ2n) is 4.77. The van der Waals surface area contributed by atoms with Gasteiger partial charge in [0.05, 0.1) is 0 Å². The fourth-order valence-corrected chi connectivity index (χ4v) is 2.15. The number of benzene rings is 1. The Morgan fingerprint density at radius 2 is 1.90 bits per heavy atom. The molecular formula is C13H16F3N3O2. The number of halogens is 3. The minimum Gasteiger partial charge on any atom is -0.508 e. The Labute approximate surface area is 120 Å². The molecule has 1 aliphatic heterocycles. The Bertz CT molecular complexity index is 500. The van der Waals surface area contributed by atoms with Gasteiger partial charge in [-0.3, -0.25) is 0 Å². The molecule has 2 amide bonds. The van der Waals surface area contributed by atoms with Crippen molar-refractivity contribution in [1.82, 2.24) is 10.2 Å². The highest BCUT2D eigenvalue weighted by atomic mass is 19.4. The van der Waals surface area contributed by atoms with E-state index >= 15 is 0 Å². The number of anilines is 1. The largest absolute Gasteiger partial charge is 0.508 e. The fourth-order valence-electron chi connectivity index (χ4n) is 2.15. The average Bonchev–Trinajstić information content (AvgIpc) is 2.44. The molecule has 21 heavy (non-hydrogen) atoms. The van der Waals surface area contributed by atoms with E-state index in [4.69, 9.17) is 0 Å². The summed E-state index contributed by atoms with van der Waals surface area (Å²) in [5, 5.41) is 11.3. The van der Waals surface area contributed by atoms with Gasteiger partial charge < -0.3 is 20.2 Å². The van der Waals surface area contributed by atoms with Crippen LogP contribution in [-0.4, -0.2) is 54.9 Å². The minimum atomic E-state index is -4.40. The van der Waals surface area contributed by atoms with Crippen LogP contribution < -0.4 is 10.2 Å². The van der Waals surface area contributed by atoms with Gasteiger partial charge in [0.1, 0.15) is 12.3 Å². The lowest BCUT2D eigenvalue weighted by atomic mass is 10.2. The fraction of sp³-hybridized carbons (Fsp3) is 0.462. The summed E-state index contributed by atoms with van der Waals surface area (Å²) in [5.74, 6) is 0.151. The van der Waals surface area contributed by atoms with Crippen LogP contribution in [-0.2, 0) is 0 Å². The Morgan fingerprint density at radius 3 is 2.48 bits per heavy atom. The number of carbonyl (C=O) groups excluding carboxylic acids is 1. The van der Waals surface area contributed by atoms with E-state index < -0.39 is 18.8 Å². The maximum Gasteiger partial charge on any atom is 0.405 e. The van der Waals surface area contributed by atoms with Gasteiger partial charge in [-0.05, 0) is 12.1 Å². The van der Waals surface area contributed by atoms with Crippen LogP contribution in [0.3, 0.4) is 0 Å². The van der Waals surface area contributed by atoms with Crippen molar-refractivity contribution < 1.29 is 23.1 Å². The molecule has 5 nitrogen and oxygen atoms in total. The highest BCUT2D eigenvalue weighted by Gasteiger charge is 2.29. The molecule has 0 spiro atoms. The molecule has 0 atom stereocenters. The zero-order valence-electron chi connectivity index (χ0n) is 11.2. The summed E-state index contributed by atoms with van der Waals surface area (Å²) < 4.78 is 36.1. The topological polar surface area (TPSA) is 55.8 Å². The molecule has 1 saturated heterocycles. The highest BCUT2D eigenvalue weighted by molar-refractivity contribution is 5.74. The van der Waals surface area contributed by atoms with Gasteiger partial charge in [-0.15, -0.1) is 0 Å². The van der Waals surface area contributed by atoms with E-state index in [2.05, 4.69) is 0 Å². The van der Waals surface area contributed by atoms with Crippen molar-refractivity contribution in [2.75, 3.05) is 37.6 Å². The molecule has 1 fully saturated rings. The van der Waals surface area contributed by atoms with Gasteiger partial charge in [-0.2, -0.15) is 13.2 Å². The number of phenols is 1. The average molecular weight is 303 g/mol. The van der Waals surface area contributed by atoms with Gasteiger partial charge in [0.15, 0.2) is 0 Å². The number of piperazine rings is 1. The molecule has 0 saturated carbocycles. The number of phenolic OH excluding ortho intramolecular Hbond substituents is 1. The molecule has 1 aromatic rings. The third kappa shape index (κ3) is 4.44. The number of rotatable bonds is 2. The van der Waals surface area contributed by atoms with Crippen LogP contribution in [0.4, 0.5) is 23.7 Å². The van der Waals surface area contributed by atoms with E-state index in [0.717, 1.165) is 5.69 Å². The first-order valence-electron chi connectivity index (χ1n) is 6.49. The summed E-state index contributed by atoms with van der Waals surface area (Å²) in [7, 11) is 0. The van der Waals surface area contributed by atoms with E-state index in [1.807, 2.05) is 16.3 Å². The van der Waals surface area contributed by atoms with Gasteiger partial charge in [0.25, 0.3) is 0 Å². The SMILES string of the molecule is O=C(NCC(F)(F)F)N1CCN(c2cccc(O)c2)CC1. The number of urea groups is 1. The number of hydrogen-bond donors (Lipinski definition) is 2. The van der Waals surface area contributed by atoms with E-state index in [1.54, 1.807) is 18.2 Å². The van der Waals surface area contributed by atoms with Crippen LogP contribution in [0.15, 0.2) is 24.3 Å². The summed E-state index contributed by atoms with van der Waals surface area (Å²) in [6, 6.07) is 6.01. The second kappa shape index (κ2) is 6.11. The summed E-state index contributed by atoms with van der Waals surface area (Å²) in [6.07, 6.45) is -4.40. The van der Waals surface area contributed by atoms with Crippen LogP contribution in [0.1, 0.15) is 0 Å². The van der Waals surface area contributed by atoms with Crippen molar-refractivity contribution in [3.63, 3.8) is 0 Å². The van der Waals surface area contributed by atoms with Crippen LogP contribution in [0.25, 0.3) is 0 Å². The maximum atomic E-state index is 12.0. The van der Waals surface area contributed by atoms with Crippen LogP contribution in [0, 0.1) is 0 Å². The molecular weight excluding hydrogens is 287 g/mol. The third-order valence-electron chi connectivity index (χ3n) is 3.20. The molecule has 1 heterocycles. The number of nitrogens with zero attached hydrogens (tertiary/aromatic N) is 2. The number of alkyl halides is 3. The summed E-state index contributed by atoms with van der Waals surface area (Å²) in [4.78, 5) is 14.9. The highest BCUT2D eigenvalue weighted by Crippen LogP contribution is 2.21. The predicted molar refractivity (Wildman–Crippen MR) is 71.3 cm³/mol. The van der Waals surface area contributed by atoms with Crippen molar-refractivity contribution >= 4 is 11.7 Å². The molecule has 2 rings (SSSR count). The van der Waals surface area contributed by atoms with E-state index in [-0.39, 0.29) is 5.75 Å². The lowest BCUT2D eigenvalue weighted by molar-refractivity contribution is -0.123.